The van der Waals surface area contributed by atoms with Gasteiger partial charge < -0.3 is 98.2 Å². The molecule has 6 aliphatic heterocycles. The zero-order valence-corrected chi connectivity index (χ0v) is 43.0. The van der Waals surface area contributed by atoms with Gasteiger partial charge in [0, 0.05) is 34.2 Å². The lowest BCUT2D eigenvalue weighted by molar-refractivity contribution is -0.220. The SMILES string of the molecule is COC(=O)C[C@H](NC(=O)CNC(=O)C[C@H](NC(=O)CNC(=O)C[C@H](NC(=O)CNC(=O)OC(C)(C)C)[C@H]1O[C@@H]2OC(C)(C)O[C@@H]2[C@H]1OC)[C@H]1O[C@@H]2OC(C)(C)O[C@@H]2[C@H]1OC)[C@H]1O[C@@H]2OC(C)(C)O[C@@H]2[C@H]1OC. The predicted molar refractivity (Wildman–Crippen MR) is 240 cm³/mol. The van der Waals surface area contributed by atoms with Gasteiger partial charge in [-0.15, -0.1) is 0 Å². The zero-order valence-electron chi connectivity index (χ0n) is 43.0. The highest BCUT2D eigenvalue weighted by Gasteiger charge is 2.60. The maximum Gasteiger partial charge on any atom is 0.408 e. The Balaban J connectivity index is 1.09. The van der Waals surface area contributed by atoms with E-state index < -0.39 is 189 Å². The van der Waals surface area contributed by atoms with E-state index in [9.17, 15) is 33.6 Å². The lowest BCUT2D eigenvalue weighted by Crippen LogP contribution is -2.55. The Labute approximate surface area is 417 Å². The van der Waals surface area contributed by atoms with Gasteiger partial charge in [-0.25, -0.2) is 4.79 Å². The van der Waals surface area contributed by atoms with Gasteiger partial charge in [0.2, 0.25) is 29.5 Å². The quantitative estimate of drug-likeness (QED) is 0.0692. The number of alkyl carbamates (subject to hydrolysis) is 1. The largest absolute Gasteiger partial charge is 0.469 e. The standard InChI is InChI=1S/C45H72N6O21/c1-42(2,3)72-41(58)48-19-27(56)50-21(30-33(61-12)36-39(64-30)70-44(6,7)67-36)15-24(53)46-17-25(54)49-20(29-32(60-11)35-38(63-29)69-43(4,5)66-35)14-23(52)47-18-26(55)51-22(16-28(57)59-10)31-34(62-13)37-40(65-31)71-45(8,9)68-37/h20-22,29-40H,14-19H2,1-13H3,(H,46,53)(H,47,52)(H,48,58)(H,49,54)(H,50,56)(H,51,55)/t20-,21-,22-,29+,30+,31+,32-,33-,34-,35+,36+,37+,38+,39+,40+/m0/s1. The van der Waals surface area contributed by atoms with Crippen LogP contribution >= 0.6 is 0 Å². The lowest BCUT2D eigenvalue weighted by Gasteiger charge is -2.31. The first-order chi connectivity index (χ1) is 33.6. The van der Waals surface area contributed by atoms with E-state index in [2.05, 4.69) is 31.9 Å². The van der Waals surface area contributed by atoms with Crippen LogP contribution in [0, 0.1) is 0 Å². The summed E-state index contributed by atoms with van der Waals surface area (Å²) in [6.45, 7) is 13.5. The molecule has 0 aromatic carbocycles. The van der Waals surface area contributed by atoms with Crippen LogP contribution in [0.3, 0.4) is 0 Å². The van der Waals surface area contributed by atoms with E-state index in [1.54, 1.807) is 62.3 Å². The van der Waals surface area contributed by atoms with Crippen LogP contribution in [0.1, 0.15) is 81.6 Å². The minimum absolute atomic E-state index is 0.317. The van der Waals surface area contributed by atoms with Gasteiger partial charge in [-0.05, 0) is 62.3 Å². The molecule has 0 bridgehead atoms. The molecule has 6 fully saturated rings. The van der Waals surface area contributed by atoms with E-state index >= 15 is 0 Å². The molecular formula is C45H72N6O21. The number of carbonyl (C=O) groups excluding carboxylic acids is 7. The lowest BCUT2D eigenvalue weighted by atomic mass is 9.99. The molecule has 0 aromatic rings. The second-order valence-electron chi connectivity index (χ2n) is 20.4. The first kappa shape index (κ1) is 56.9. The normalized spacial score (nSPS) is 32.8. The Kier molecular flexibility index (Phi) is 18.2. The molecule has 408 valence electrons. The fourth-order valence-corrected chi connectivity index (χ4v) is 9.44. The van der Waals surface area contributed by atoms with Gasteiger partial charge in [0.25, 0.3) is 0 Å². The number of ether oxygens (including phenoxy) is 14. The van der Waals surface area contributed by atoms with Crippen molar-refractivity contribution < 1.29 is 99.9 Å². The van der Waals surface area contributed by atoms with Crippen molar-refractivity contribution in [2.24, 2.45) is 0 Å². The minimum atomic E-state index is -1.16. The molecule has 27 heteroatoms. The van der Waals surface area contributed by atoms with E-state index in [-0.39, 0.29) is 6.42 Å². The Morgan fingerprint density at radius 2 is 0.792 bits per heavy atom. The van der Waals surface area contributed by atoms with E-state index in [4.69, 9.17) is 66.3 Å². The maximum absolute atomic E-state index is 13.7. The number of methoxy groups -OCH3 is 4. The molecule has 6 saturated heterocycles. The topological polar surface area (TPSA) is 321 Å². The van der Waals surface area contributed by atoms with Crippen molar-refractivity contribution in [2.45, 2.75) is 196 Å². The molecule has 0 aromatic heterocycles. The van der Waals surface area contributed by atoms with E-state index in [0.717, 1.165) is 0 Å². The van der Waals surface area contributed by atoms with Gasteiger partial charge in [-0.1, -0.05) is 0 Å². The molecule has 0 aliphatic carbocycles. The highest BCUT2D eigenvalue weighted by Crippen LogP contribution is 2.42. The van der Waals surface area contributed by atoms with Crippen molar-refractivity contribution in [1.29, 1.82) is 0 Å². The summed E-state index contributed by atoms with van der Waals surface area (Å²) >= 11 is 0. The van der Waals surface area contributed by atoms with Crippen molar-refractivity contribution in [3.8, 4) is 0 Å². The van der Waals surface area contributed by atoms with Crippen LogP contribution in [0.2, 0.25) is 0 Å². The predicted octanol–water partition coefficient (Wildman–Crippen LogP) is -1.78. The summed E-state index contributed by atoms with van der Waals surface area (Å²) in [5.41, 5.74) is -0.827. The molecule has 15 atom stereocenters. The van der Waals surface area contributed by atoms with Crippen molar-refractivity contribution in [3.05, 3.63) is 0 Å². The third kappa shape index (κ3) is 14.5. The van der Waals surface area contributed by atoms with Gasteiger partial charge in [-0.3, -0.25) is 28.8 Å². The van der Waals surface area contributed by atoms with Crippen molar-refractivity contribution in [3.63, 3.8) is 0 Å². The Bertz CT molecular complexity index is 1980. The average Bonchev–Trinajstić information content (AvgIpc) is 4.09. The number of amides is 6. The van der Waals surface area contributed by atoms with Crippen LogP contribution in [0.5, 0.6) is 0 Å². The Morgan fingerprint density at radius 3 is 1.10 bits per heavy atom. The minimum Gasteiger partial charge on any atom is -0.469 e. The summed E-state index contributed by atoms with van der Waals surface area (Å²) in [5.74, 6) is -7.25. The molecule has 6 aliphatic rings. The van der Waals surface area contributed by atoms with Crippen molar-refractivity contribution in [2.75, 3.05) is 48.1 Å². The van der Waals surface area contributed by atoms with Crippen LogP contribution < -0.4 is 31.9 Å². The van der Waals surface area contributed by atoms with Crippen molar-refractivity contribution >= 4 is 41.6 Å². The first-order valence-electron chi connectivity index (χ1n) is 23.7. The smallest absolute Gasteiger partial charge is 0.408 e. The summed E-state index contributed by atoms with van der Waals surface area (Å²) in [7, 11) is 5.44. The van der Waals surface area contributed by atoms with Crippen LogP contribution in [0.25, 0.3) is 0 Å². The number of nitrogens with one attached hydrogen (secondary N) is 6. The fourth-order valence-electron chi connectivity index (χ4n) is 9.44. The second kappa shape index (κ2) is 23.0. The monoisotopic (exact) mass is 1030 g/mol. The van der Waals surface area contributed by atoms with E-state index in [0.29, 0.717) is 0 Å². The molecule has 0 radical (unpaired) electrons. The third-order valence-electron chi connectivity index (χ3n) is 12.2. The van der Waals surface area contributed by atoms with Crippen LogP contribution in [0.15, 0.2) is 0 Å². The number of carbonyl (C=O) groups is 7. The third-order valence-corrected chi connectivity index (χ3v) is 12.2. The van der Waals surface area contributed by atoms with E-state index in [1.165, 1.54) is 28.4 Å². The summed E-state index contributed by atoms with van der Waals surface area (Å²) in [4.78, 5) is 92.5. The van der Waals surface area contributed by atoms with Gasteiger partial charge >= 0.3 is 12.1 Å². The number of fused-ring (bicyclic) bond motifs is 3. The highest BCUT2D eigenvalue weighted by atomic mass is 16.9. The highest BCUT2D eigenvalue weighted by molar-refractivity contribution is 5.88. The van der Waals surface area contributed by atoms with Crippen LogP contribution in [0.4, 0.5) is 4.79 Å². The molecule has 6 heterocycles. The van der Waals surface area contributed by atoms with Crippen LogP contribution in [-0.2, 0) is 95.1 Å². The number of rotatable bonds is 21. The molecular weight excluding hydrogens is 961 g/mol. The van der Waals surface area contributed by atoms with Gasteiger partial charge in [0.1, 0.15) is 67.1 Å². The number of hydrogen-bond acceptors (Lipinski definition) is 21. The van der Waals surface area contributed by atoms with Crippen LogP contribution in [-0.4, -0.2) is 205 Å². The molecule has 6 amide bonds. The molecule has 27 nitrogen and oxygen atoms in total. The Hall–Kier alpha value is -4.39. The van der Waals surface area contributed by atoms with Gasteiger partial charge in [0.05, 0.1) is 44.7 Å². The summed E-state index contributed by atoms with van der Waals surface area (Å²) in [6.07, 6.45) is -12.3. The summed E-state index contributed by atoms with van der Waals surface area (Å²) in [5, 5.41) is 15.6. The van der Waals surface area contributed by atoms with Gasteiger partial charge in [0.15, 0.2) is 36.2 Å². The maximum atomic E-state index is 13.7. The number of esters is 1. The van der Waals surface area contributed by atoms with E-state index in [1.807, 2.05) is 0 Å². The molecule has 0 spiro atoms. The Morgan fingerprint density at radius 1 is 0.472 bits per heavy atom. The fraction of sp³-hybridized carbons (Fsp3) is 0.844. The zero-order chi connectivity index (χ0) is 53.1. The number of hydrogen-bond donors (Lipinski definition) is 6. The molecule has 72 heavy (non-hydrogen) atoms. The molecule has 6 N–H and O–H groups in total. The summed E-state index contributed by atoms with van der Waals surface area (Å²) in [6, 6.07) is -3.25. The molecule has 0 unspecified atom stereocenters. The molecule has 0 saturated carbocycles. The molecule has 6 rings (SSSR count). The summed E-state index contributed by atoms with van der Waals surface area (Å²) < 4.78 is 81.3. The second-order valence-corrected chi connectivity index (χ2v) is 20.4. The first-order valence-corrected chi connectivity index (χ1v) is 23.7. The van der Waals surface area contributed by atoms with Crippen molar-refractivity contribution in [1.82, 2.24) is 31.9 Å². The average molecular weight is 1030 g/mol. The van der Waals surface area contributed by atoms with Gasteiger partial charge in [-0.2, -0.15) is 0 Å².